The number of nitrogens with zero attached hydrogens (tertiary/aromatic N) is 2. The summed E-state index contributed by atoms with van der Waals surface area (Å²) in [5.41, 5.74) is 1.02. The Balaban J connectivity index is 1.71. The van der Waals surface area contributed by atoms with Crippen molar-refractivity contribution >= 4 is 11.8 Å². The number of hydrogen-bond donors (Lipinski definition) is 0. The molecule has 1 aromatic heterocycles. The standard InChI is InChI=1S/C27H38N2O6/c1-32-17-15-29(27(31)22-8-5-4-6-9-22)20-26(30)28(19-23-10-7-16-35-23)14-13-21-11-12-24(33-2)25(18-21)34-3/h7,10-12,16,18,22H,4-6,8-9,13-15,17,19-20H2,1-3H3. The zero-order valence-corrected chi connectivity index (χ0v) is 21.2. The first-order valence-corrected chi connectivity index (χ1v) is 12.3. The number of carbonyl (C=O) groups is 2. The SMILES string of the molecule is COCCN(CC(=O)N(CCc1ccc(OC)c(OC)c1)Cc1ccco1)C(=O)C1CCCCC1. The minimum Gasteiger partial charge on any atom is -0.493 e. The van der Waals surface area contributed by atoms with Gasteiger partial charge in [-0.1, -0.05) is 25.3 Å². The first kappa shape index (κ1) is 26.6. The molecular weight excluding hydrogens is 448 g/mol. The molecule has 2 aromatic rings. The molecule has 0 bridgehead atoms. The van der Waals surface area contributed by atoms with Gasteiger partial charge in [0.15, 0.2) is 11.5 Å². The fourth-order valence-corrected chi connectivity index (χ4v) is 4.52. The first-order chi connectivity index (χ1) is 17.0. The Bertz CT molecular complexity index is 924. The van der Waals surface area contributed by atoms with Crippen molar-refractivity contribution in [2.24, 2.45) is 5.92 Å². The van der Waals surface area contributed by atoms with E-state index in [-0.39, 0.29) is 24.3 Å². The van der Waals surface area contributed by atoms with E-state index in [1.807, 2.05) is 30.3 Å². The van der Waals surface area contributed by atoms with Gasteiger partial charge in [0.25, 0.3) is 0 Å². The summed E-state index contributed by atoms with van der Waals surface area (Å²) in [6.45, 7) is 1.66. The van der Waals surface area contributed by atoms with Crippen molar-refractivity contribution < 1.29 is 28.2 Å². The van der Waals surface area contributed by atoms with E-state index in [4.69, 9.17) is 18.6 Å². The molecule has 1 aliphatic carbocycles. The number of amides is 2. The van der Waals surface area contributed by atoms with Gasteiger partial charge in [0, 0.05) is 26.1 Å². The number of benzene rings is 1. The van der Waals surface area contributed by atoms with Crippen LogP contribution in [0.5, 0.6) is 11.5 Å². The highest BCUT2D eigenvalue weighted by Gasteiger charge is 2.28. The monoisotopic (exact) mass is 486 g/mol. The summed E-state index contributed by atoms with van der Waals surface area (Å²) in [7, 11) is 4.81. The van der Waals surface area contributed by atoms with Crippen LogP contribution in [0.15, 0.2) is 41.0 Å². The molecule has 0 radical (unpaired) electrons. The Morgan fingerprint density at radius 1 is 0.971 bits per heavy atom. The molecule has 1 aromatic carbocycles. The summed E-state index contributed by atoms with van der Waals surface area (Å²) in [5, 5.41) is 0. The third-order valence-corrected chi connectivity index (χ3v) is 6.56. The number of carbonyl (C=O) groups excluding carboxylic acids is 2. The van der Waals surface area contributed by atoms with Gasteiger partial charge in [-0.15, -0.1) is 0 Å². The molecule has 1 heterocycles. The van der Waals surface area contributed by atoms with Crippen LogP contribution in [0.3, 0.4) is 0 Å². The molecule has 3 rings (SSSR count). The Kier molecular flexibility index (Phi) is 10.5. The minimum atomic E-state index is -0.109. The zero-order chi connectivity index (χ0) is 25.0. The van der Waals surface area contributed by atoms with E-state index < -0.39 is 0 Å². The summed E-state index contributed by atoms with van der Waals surface area (Å²) < 4.78 is 21.5. The maximum atomic E-state index is 13.5. The molecule has 2 amide bonds. The van der Waals surface area contributed by atoms with Gasteiger partial charge < -0.3 is 28.4 Å². The number of rotatable bonds is 13. The molecule has 0 unspecified atom stereocenters. The molecule has 8 nitrogen and oxygen atoms in total. The van der Waals surface area contributed by atoms with Crippen LogP contribution >= 0.6 is 0 Å². The average molecular weight is 487 g/mol. The third kappa shape index (κ3) is 7.75. The second kappa shape index (κ2) is 13.8. The van der Waals surface area contributed by atoms with Crippen molar-refractivity contribution in [3.8, 4) is 11.5 Å². The highest BCUT2D eigenvalue weighted by Crippen LogP contribution is 2.28. The minimum absolute atomic E-state index is 0.00121. The van der Waals surface area contributed by atoms with Gasteiger partial charge in [-0.3, -0.25) is 9.59 Å². The van der Waals surface area contributed by atoms with Crippen molar-refractivity contribution in [3.05, 3.63) is 47.9 Å². The Morgan fingerprint density at radius 2 is 1.74 bits per heavy atom. The van der Waals surface area contributed by atoms with Crippen LogP contribution in [-0.2, 0) is 27.3 Å². The topological polar surface area (TPSA) is 81.5 Å². The van der Waals surface area contributed by atoms with E-state index in [1.165, 1.54) is 6.42 Å². The number of furan rings is 1. The van der Waals surface area contributed by atoms with Gasteiger partial charge in [0.1, 0.15) is 5.76 Å². The molecule has 8 heteroatoms. The van der Waals surface area contributed by atoms with Crippen molar-refractivity contribution in [1.29, 1.82) is 0 Å². The van der Waals surface area contributed by atoms with Crippen LogP contribution in [0.2, 0.25) is 0 Å². The second-order valence-corrected chi connectivity index (χ2v) is 8.92. The van der Waals surface area contributed by atoms with Gasteiger partial charge in [0.05, 0.1) is 40.2 Å². The Morgan fingerprint density at radius 3 is 2.40 bits per heavy atom. The lowest BCUT2D eigenvalue weighted by molar-refractivity contribution is -0.144. The molecule has 1 aliphatic rings. The van der Waals surface area contributed by atoms with E-state index in [0.29, 0.717) is 49.9 Å². The Labute approximate surface area is 208 Å². The molecule has 192 valence electrons. The summed E-state index contributed by atoms with van der Waals surface area (Å²) in [5.74, 6) is 1.97. The second-order valence-electron chi connectivity index (χ2n) is 8.92. The molecule has 0 spiro atoms. The van der Waals surface area contributed by atoms with Gasteiger partial charge in [-0.25, -0.2) is 0 Å². The lowest BCUT2D eigenvalue weighted by Gasteiger charge is -2.31. The van der Waals surface area contributed by atoms with Crippen LogP contribution in [0.4, 0.5) is 0 Å². The Hall–Kier alpha value is -3.00. The molecule has 0 atom stereocenters. The number of methoxy groups -OCH3 is 3. The maximum Gasteiger partial charge on any atom is 0.242 e. The van der Waals surface area contributed by atoms with Crippen LogP contribution in [0, 0.1) is 5.92 Å². The lowest BCUT2D eigenvalue weighted by atomic mass is 9.88. The smallest absolute Gasteiger partial charge is 0.242 e. The number of ether oxygens (including phenoxy) is 3. The van der Waals surface area contributed by atoms with E-state index >= 15 is 0 Å². The molecule has 0 N–H and O–H groups in total. The van der Waals surface area contributed by atoms with Crippen molar-refractivity contribution in [2.75, 3.05) is 47.6 Å². The van der Waals surface area contributed by atoms with Gasteiger partial charge in [-0.2, -0.15) is 0 Å². The fraction of sp³-hybridized carbons (Fsp3) is 0.556. The summed E-state index contributed by atoms with van der Waals surface area (Å²) in [4.78, 5) is 30.2. The molecule has 35 heavy (non-hydrogen) atoms. The molecule has 1 fully saturated rings. The molecular formula is C27H38N2O6. The largest absolute Gasteiger partial charge is 0.493 e. The van der Waals surface area contributed by atoms with E-state index in [0.717, 1.165) is 31.2 Å². The maximum absolute atomic E-state index is 13.5. The normalized spacial score (nSPS) is 13.9. The summed E-state index contributed by atoms with van der Waals surface area (Å²) in [6, 6.07) is 9.42. The van der Waals surface area contributed by atoms with E-state index in [1.54, 1.807) is 37.4 Å². The van der Waals surface area contributed by atoms with Crippen molar-refractivity contribution in [2.45, 2.75) is 45.1 Å². The zero-order valence-electron chi connectivity index (χ0n) is 21.2. The summed E-state index contributed by atoms with van der Waals surface area (Å²) >= 11 is 0. The van der Waals surface area contributed by atoms with Crippen molar-refractivity contribution in [3.63, 3.8) is 0 Å². The highest BCUT2D eigenvalue weighted by atomic mass is 16.5. The van der Waals surface area contributed by atoms with Crippen LogP contribution < -0.4 is 9.47 Å². The molecule has 0 saturated heterocycles. The fourth-order valence-electron chi connectivity index (χ4n) is 4.52. The van der Waals surface area contributed by atoms with Gasteiger partial charge >= 0.3 is 0 Å². The molecule has 1 saturated carbocycles. The van der Waals surface area contributed by atoms with E-state index in [9.17, 15) is 9.59 Å². The van der Waals surface area contributed by atoms with Gasteiger partial charge in [0.2, 0.25) is 11.8 Å². The third-order valence-electron chi connectivity index (χ3n) is 6.56. The lowest BCUT2D eigenvalue weighted by Crippen LogP contribution is -2.46. The van der Waals surface area contributed by atoms with Crippen LogP contribution in [-0.4, -0.2) is 69.2 Å². The summed E-state index contributed by atoms with van der Waals surface area (Å²) in [6.07, 6.45) is 7.33. The van der Waals surface area contributed by atoms with E-state index in [2.05, 4.69) is 0 Å². The van der Waals surface area contributed by atoms with Crippen LogP contribution in [0.1, 0.15) is 43.4 Å². The van der Waals surface area contributed by atoms with Gasteiger partial charge in [-0.05, 0) is 49.1 Å². The molecule has 0 aliphatic heterocycles. The highest BCUT2D eigenvalue weighted by molar-refractivity contribution is 5.86. The predicted octanol–water partition coefficient (Wildman–Crippen LogP) is 3.92. The van der Waals surface area contributed by atoms with Crippen molar-refractivity contribution in [1.82, 2.24) is 9.80 Å². The number of hydrogen-bond acceptors (Lipinski definition) is 6. The predicted molar refractivity (Wildman–Crippen MR) is 132 cm³/mol. The first-order valence-electron chi connectivity index (χ1n) is 12.3. The average Bonchev–Trinajstić information content (AvgIpc) is 3.42. The quantitative estimate of drug-likeness (QED) is 0.427. The van der Waals surface area contributed by atoms with Crippen LogP contribution in [0.25, 0.3) is 0 Å².